The summed E-state index contributed by atoms with van der Waals surface area (Å²) in [7, 11) is 0. The zero-order valence-corrected chi connectivity index (χ0v) is 12.7. The van der Waals surface area contributed by atoms with Gasteiger partial charge in [0.1, 0.15) is 6.54 Å². The van der Waals surface area contributed by atoms with Gasteiger partial charge in [-0.2, -0.15) is 5.26 Å². The maximum absolute atomic E-state index is 12.7. The zero-order chi connectivity index (χ0) is 14.5. The molecule has 2 aliphatic rings. The minimum Gasteiger partial charge on any atom is -0.333 e. The van der Waals surface area contributed by atoms with Crippen molar-refractivity contribution < 1.29 is 14.3 Å². The van der Waals surface area contributed by atoms with Crippen LogP contribution in [0.2, 0.25) is 0 Å². The molecular weight excluding hydrogens is 324 g/mol. The first-order chi connectivity index (χ1) is 9.49. The number of carbonyl (C=O) groups excluding carboxylic acids is 1. The zero-order valence-electron chi connectivity index (χ0n) is 11.1. The molecular formula is C14H13BrN2O3. The molecule has 0 aliphatic carbocycles. The van der Waals surface area contributed by atoms with Gasteiger partial charge in [-0.05, 0) is 32.0 Å². The van der Waals surface area contributed by atoms with Crippen LogP contribution in [0, 0.1) is 11.3 Å². The topological polar surface area (TPSA) is 62.6 Å². The van der Waals surface area contributed by atoms with Crippen LogP contribution in [0.4, 0.5) is 5.69 Å². The van der Waals surface area contributed by atoms with E-state index in [9.17, 15) is 4.79 Å². The monoisotopic (exact) mass is 336 g/mol. The third-order valence-electron chi connectivity index (χ3n) is 3.72. The Kier molecular flexibility index (Phi) is 3.09. The van der Waals surface area contributed by atoms with E-state index in [1.165, 1.54) is 4.90 Å². The SMILES string of the molecule is CC1OC2(OC1C)C(=O)N(CC#N)c1ccc(Br)cc12. The van der Waals surface area contributed by atoms with Gasteiger partial charge in [0.15, 0.2) is 0 Å². The predicted octanol–water partition coefficient (Wildman–Crippen LogP) is 2.30. The summed E-state index contributed by atoms with van der Waals surface area (Å²) >= 11 is 3.40. The molecule has 1 aromatic rings. The molecule has 2 atom stereocenters. The van der Waals surface area contributed by atoms with Crippen LogP contribution in [0.15, 0.2) is 22.7 Å². The molecule has 20 heavy (non-hydrogen) atoms. The van der Waals surface area contributed by atoms with E-state index in [1.54, 1.807) is 6.07 Å². The predicted molar refractivity (Wildman–Crippen MR) is 74.9 cm³/mol. The molecule has 1 fully saturated rings. The second-order valence-corrected chi connectivity index (χ2v) is 5.89. The molecule has 104 valence electrons. The van der Waals surface area contributed by atoms with Gasteiger partial charge in [-0.15, -0.1) is 0 Å². The lowest BCUT2D eigenvalue weighted by Gasteiger charge is -2.21. The number of hydrogen-bond acceptors (Lipinski definition) is 4. The molecule has 2 heterocycles. The fourth-order valence-corrected chi connectivity index (χ4v) is 2.97. The van der Waals surface area contributed by atoms with Crippen LogP contribution >= 0.6 is 15.9 Å². The van der Waals surface area contributed by atoms with E-state index in [1.807, 2.05) is 32.0 Å². The van der Waals surface area contributed by atoms with E-state index < -0.39 is 5.79 Å². The smallest absolute Gasteiger partial charge is 0.293 e. The Bertz CT molecular complexity index is 615. The number of fused-ring (bicyclic) bond motifs is 2. The van der Waals surface area contributed by atoms with E-state index in [-0.39, 0.29) is 24.7 Å². The number of amides is 1. The van der Waals surface area contributed by atoms with Gasteiger partial charge in [0.05, 0.1) is 24.0 Å². The molecule has 1 saturated heterocycles. The van der Waals surface area contributed by atoms with Crippen LogP contribution in [-0.4, -0.2) is 24.7 Å². The molecule has 0 N–H and O–H groups in total. The summed E-state index contributed by atoms with van der Waals surface area (Å²) < 4.78 is 12.5. The fraction of sp³-hybridized carbons (Fsp3) is 0.429. The van der Waals surface area contributed by atoms with Crippen molar-refractivity contribution >= 4 is 27.5 Å². The third kappa shape index (κ3) is 1.71. The van der Waals surface area contributed by atoms with E-state index in [2.05, 4.69) is 15.9 Å². The van der Waals surface area contributed by atoms with E-state index >= 15 is 0 Å². The van der Waals surface area contributed by atoms with Crippen LogP contribution in [0.25, 0.3) is 0 Å². The first kappa shape index (κ1) is 13.6. The lowest BCUT2D eigenvalue weighted by molar-refractivity contribution is -0.188. The number of benzene rings is 1. The van der Waals surface area contributed by atoms with Crippen LogP contribution in [-0.2, 0) is 20.1 Å². The lowest BCUT2D eigenvalue weighted by atomic mass is 10.1. The molecule has 0 bridgehead atoms. The van der Waals surface area contributed by atoms with Crippen molar-refractivity contribution in [1.82, 2.24) is 0 Å². The van der Waals surface area contributed by atoms with Gasteiger partial charge in [0, 0.05) is 10.0 Å². The van der Waals surface area contributed by atoms with Crippen molar-refractivity contribution in [3.05, 3.63) is 28.2 Å². The summed E-state index contributed by atoms with van der Waals surface area (Å²) in [5, 5.41) is 8.93. The average molecular weight is 337 g/mol. The number of rotatable bonds is 1. The Morgan fingerprint density at radius 1 is 1.40 bits per heavy atom. The Labute approximate surface area is 125 Å². The normalized spacial score (nSPS) is 31.7. The molecule has 2 unspecified atom stereocenters. The number of nitrogens with zero attached hydrogens (tertiary/aromatic N) is 2. The molecule has 3 rings (SSSR count). The van der Waals surface area contributed by atoms with Crippen molar-refractivity contribution in [2.75, 3.05) is 11.4 Å². The standard InChI is InChI=1S/C14H13BrN2O3/c1-8-9(2)20-14(19-8)11-7-10(15)3-4-12(11)17(6-5-16)13(14)18/h3-4,7-9H,6H2,1-2H3. The van der Waals surface area contributed by atoms with E-state index in [0.29, 0.717) is 11.3 Å². The highest BCUT2D eigenvalue weighted by Gasteiger charge is 2.59. The van der Waals surface area contributed by atoms with Crippen LogP contribution in [0.5, 0.6) is 0 Å². The number of halogens is 1. The van der Waals surface area contributed by atoms with Gasteiger partial charge in [0.25, 0.3) is 11.7 Å². The van der Waals surface area contributed by atoms with Gasteiger partial charge in [-0.1, -0.05) is 15.9 Å². The van der Waals surface area contributed by atoms with Gasteiger partial charge in [-0.25, -0.2) is 0 Å². The number of anilines is 1. The van der Waals surface area contributed by atoms with Gasteiger partial charge >= 0.3 is 0 Å². The molecule has 1 aromatic carbocycles. The average Bonchev–Trinajstić information content (AvgIpc) is 2.82. The third-order valence-corrected chi connectivity index (χ3v) is 4.22. The summed E-state index contributed by atoms with van der Waals surface area (Å²) in [6.45, 7) is 3.72. The Morgan fingerprint density at radius 2 is 2.05 bits per heavy atom. The highest BCUT2D eigenvalue weighted by Crippen LogP contribution is 2.49. The van der Waals surface area contributed by atoms with Crippen LogP contribution in [0.3, 0.4) is 0 Å². The largest absolute Gasteiger partial charge is 0.333 e. The number of ether oxygens (including phenoxy) is 2. The van der Waals surface area contributed by atoms with Gasteiger partial charge in [0.2, 0.25) is 0 Å². The van der Waals surface area contributed by atoms with Crippen molar-refractivity contribution in [3.8, 4) is 6.07 Å². The van der Waals surface area contributed by atoms with E-state index in [0.717, 1.165) is 4.47 Å². The Balaban J connectivity index is 2.16. The highest BCUT2D eigenvalue weighted by atomic mass is 79.9. The molecule has 2 aliphatic heterocycles. The van der Waals surface area contributed by atoms with Crippen LogP contribution < -0.4 is 4.90 Å². The maximum atomic E-state index is 12.7. The first-order valence-electron chi connectivity index (χ1n) is 6.34. The van der Waals surface area contributed by atoms with Crippen molar-refractivity contribution in [1.29, 1.82) is 5.26 Å². The molecule has 0 saturated carbocycles. The molecule has 0 aromatic heterocycles. The summed E-state index contributed by atoms with van der Waals surface area (Å²) in [5.41, 5.74) is 1.32. The second-order valence-electron chi connectivity index (χ2n) is 4.97. The van der Waals surface area contributed by atoms with Crippen molar-refractivity contribution in [2.24, 2.45) is 0 Å². The molecule has 1 spiro atoms. The Hall–Kier alpha value is -1.42. The fourth-order valence-electron chi connectivity index (χ4n) is 2.61. The molecule has 6 heteroatoms. The number of carbonyl (C=O) groups is 1. The summed E-state index contributed by atoms with van der Waals surface area (Å²) in [6.07, 6.45) is -0.374. The quantitative estimate of drug-likeness (QED) is 0.738. The summed E-state index contributed by atoms with van der Waals surface area (Å²) in [6, 6.07) is 7.45. The molecule has 5 nitrogen and oxygen atoms in total. The van der Waals surface area contributed by atoms with Crippen LogP contribution in [0.1, 0.15) is 19.4 Å². The van der Waals surface area contributed by atoms with Gasteiger partial charge in [-0.3, -0.25) is 9.69 Å². The van der Waals surface area contributed by atoms with Crippen molar-refractivity contribution in [2.45, 2.75) is 31.8 Å². The summed E-state index contributed by atoms with van der Waals surface area (Å²) in [5.74, 6) is -1.74. The molecule has 0 radical (unpaired) electrons. The van der Waals surface area contributed by atoms with Crippen molar-refractivity contribution in [3.63, 3.8) is 0 Å². The molecule has 1 amide bonds. The number of hydrogen-bond donors (Lipinski definition) is 0. The first-order valence-corrected chi connectivity index (χ1v) is 7.13. The minimum absolute atomic E-state index is 0.0231. The lowest BCUT2D eigenvalue weighted by Crippen LogP contribution is -2.41. The number of nitriles is 1. The van der Waals surface area contributed by atoms with Gasteiger partial charge < -0.3 is 9.47 Å². The van der Waals surface area contributed by atoms with E-state index in [4.69, 9.17) is 14.7 Å². The minimum atomic E-state index is -1.41. The highest BCUT2D eigenvalue weighted by molar-refractivity contribution is 9.10. The summed E-state index contributed by atoms with van der Waals surface area (Å²) in [4.78, 5) is 14.1. The maximum Gasteiger partial charge on any atom is 0.293 e. The Morgan fingerprint density at radius 3 is 2.65 bits per heavy atom. The second kappa shape index (κ2) is 4.55.